The molecular formula is C29H30N16O2S. The first-order chi connectivity index (χ1) is 23.3. The van der Waals surface area contributed by atoms with Gasteiger partial charge in [-0.15, -0.1) is 0 Å². The molecule has 0 atom stereocenters. The molecule has 0 radical (unpaired) electrons. The Labute approximate surface area is 277 Å². The van der Waals surface area contributed by atoms with E-state index in [0.29, 0.717) is 41.5 Å². The summed E-state index contributed by atoms with van der Waals surface area (Å²) in [7, 11) is 0. The Balaban J connectivity index is 0.000000188. The van der Waals surface area contributed by atoms with Gasteiger partial charge in [0.2, 0.25) is 5.95 Å². The van der Waals surface area contributed by atoms with Crippen molar-refractivity contribution in [1.29, 1.82) is 0 Å². The third kappa shape index (κ3) is 8.41. The molecule has 6 rings (SSSR count). The molecule has 2 aromatic carbocycles. The molecule has 4 aromatic heterocycles. The molecule has 6 aromatic rings. The number of nitrogens with one attached hydrogen (secondary N) is 3. The van der Waals surface area contributed by atoms with Crippen LogP contribution in [-0.4, -0.2) is 81.1 Å². The largest absolute Gasteiger partial charge is 0.365 e. The number of aromatic nitrogens is 10. The zero-order chi connectivity index (χ0) is 33.9. The predicted molar refractivity (Wildman–Crippen MR) is 180 cm³/mol. The van der Waals surface area contributed by atoms with Crippen molar-refractivity contribution in [2.24, 2.45) is 17.2 Å². The highest BCUT2D eigenvalue weighted by atomic mass is 32.2. The number of primary amides is 2. The monoisotopic (exact) mass is 666 g/mol. The van der Waals surface area contributed by atoms with Crippen LogP contribution in [0.5, 0.6) is 0 Å². The Morgan fingerprint density at radius 1 is 0.750 bits per heavy atom. The number of amides is 2. The normalized spacial score (nSPS) is 10.5. The molecule has 4 heterocycles. The van der Waals surface area contributed by atoms with Crippen molar-refractivity contribution < 1.29 is 9.59 Å². The number of nitrogens with zero attached hydrogens (tertiary/aromatic N) is 10. The van der Waals surface area contributed by atoms with Gasteiger partial charge in [-0.3, -0.25) is 9.59 Å². The van der Waals surface area contributed by atoms with Crippen LogP contribution in [0.1, 0.15) is 20.7 Å². The average Bonchev–Trinajstić information content (AvgIpc) is 3.84. The topological polar surface area (TPSA) is 261 Å². The molecule has 0 bridgehead atoms. The molecule has 0 saturated carbocycles. The van der Waals surface area contributed by atoms with Crippen LogP contribution in [-0.2, 0) is 0 Å². The van der Waals surface area contributed by atoms with Crippen LogP contribution in [0.2, 0.25) is 0 Å². The van der Waals surface area contributed by atoms with Crippen molar-refractivity contribution >= 4 is 52.5 Å². The van der Waals surface area contributed by atoms with E-state index in [1.807, 2.05) is 54.8 Å². The van der Waals surface area contributed by atoms with Crippen molar-refractivity contribution in [3.8, 4) is 11.4 Å². The standard InChI is InChI=1S/C15H17N9O.C14H13N7OS/c16-4-5-18-15-19-9-12(13(17)25)14(23-15)22-10-2-1-3-11(8-10)24-20-6-7-21-24;1-23-14-16-8-11(12(15)22)13(20-14)19-9-3-2-4-10(7-9)21-17-5-6-18-21/h1-3,6-9H,4-5,16H2,(H2,17,25)(H2,18,19,22,23);2-8H,1H3,(H2,15,22)(H,16,19,20). The van der Waals surface area contributed by atoms with E-state index in [0.717, 1.165) is 17.1 Å². The minimum Gasteiger partial charge on any atom is -0.365 e. The zero-order valence-corrected chi connectivity index (χ0v) is 26.2. The molecule has 2 amide bonds. The van der Waals surface area contributed by atoms with Crippen LogP contribution in [0.3, 0.4) is 0 Å². The van der Waals surface area contributed by atoms with E-state index in [1.54, 1.807) is 24.8 Å². The fraction of sp³-hybridized carbons (Fsp3) is 0.103. The SMILES string of the molecule is CSc1ncc(C(N)=O)c(Nc2cccc(-n3nccn3)c2)n1.NCCNc1ncc(C(N)=O)c(Nc2cccc(-n3nccn3)c2)n1. The number of benzene rings is 2. The van der Waals surface area contributed by atoms with Crippen molar-refractivity contribution in [1.82, 2.24) is 49.9 Å². The lowest BCUT2D eigenvalue weighted by molar-refractivity contribution is 0.0992. The van der Waals surface area contributed by atoms with Gasteiger partial charge in [0.05, 0.1) is 36.2 Å². The second kappa shape index (κ2) is 15.7. The minimum absolute atomic E-state index is 0.181. The summed E-state index contributed by atoms with van der Waals surface area (Å²) in [6.07, 6.45) is 11.0. The Morgan fingerprint density at radius 2 is 1.25 bits per heavy atom. The summed E-state index contributed by atoms with van der Waals surface area (Å²) in [5, 5.41) is 26.0. The molecule has 0 unspecified atom stereocenters. The number of nitrogens with two attached hydrogens (primary N) is 3. The molecule has 18 nitrogen and oxygen atoms in total. The number of carbonyl (C=O) groups excluding carboxylic acids is 2. The number of anilines is 5. The summed E-state index contributed by atoms with van der Waals surface area (Å²) in [5.41, 5.74) is 19.6. The van der Waals surface area contributed by atoms with Gasteiger partial charge in [0.1, 0.15) is 22.8 Å². The summed E-state index contributed by atoms with van der Waals surface area (Å²) in [6.45, 7) is 0.943. The number of hydrogen-bond acceptors (Lipinski definition) is 15. The van der Waals surface area contributed by atoms with E-state index in [9.17, 15) is 9.59 Å². The van der Waals surface area contributed by atoms with E-state index < -0.39 is 11.8 Å². The zero-order valence-electron chi connectivity index (χ0n) is 25.4. The Morgan fingerprint density at radius 3 is 1.73 bits per heavy atom. The fourth-order valence-electron chi connectivity index (χ4n) is 4.05. The van der Waals surface area contributed by atoms with Gasteiger partial charge in [-0.25, -0.2) is 15.0 Å². The first-order valence-corrected chi connectivity index (χ1v) is 15.4. The van der Waals surface area contributed by atoms with Gasteiger partial charge < -0.3 is 33.2 Å². The third-order valence-electron chi connectivity index (χ3n) is 6.21. The Kier molecular flexibility index (Phi) is 10.8. The highest BCUT2D eigenvalue weighted by molar-refractivity contribution is 7.98. The highest BCUT2D eigenvalue weighted by Gasteiger charge is 2.14. The molecule has 0 aliphatic heterocycles. The molecule has 19 heteroatoms. The quantitative estimate of drug-likeness (QED) is 0.0804. The van der Waals surface area contributed by atoms with Gasteiger partial charge in [-0.2, -0.15) is 35.0 Å². The molecule has 48 heavy (non-hydrogen) atoms. The van der Waals surface area contributed by atoms with Crippen molar-refractivity contribution in [3.05, 3.63) is 96.8 Å². The van der Waals surface area contributed by atoms with E-state index >= 15 is 0 Å². The smallest absolute Gasteiger partial charge is 0.254 e. The van der Waals surface area contributed by atoms with Gasteiger partial charge in [0.15, 0.2) is 5.16 Å². The molecule has 0 aliphatic carbocycles. The minimum atomic E-state index is -0.627. The van der Waals surface area contributed by atoms with E-state index in [2.05, 4.69) is 56.3 Å². The lowest BCUT2D eigenvalue weighted by Gasteiger charge is -2.12. The molecule has 244 valence electrons. The second-order valence-corrected chi connectivity index (χ2v) is 10.3. The number of thioether (sulfide) groups is 1. The van der Waals surface area contributed by atoms with E-state index in [-0.39, 0.29) is 11.1 Å². The summed E-state index contributed by atoms with van der Waals surface area (Å²) in [4.78, 5) is 42.9. The molecule has 9 N–H and O–H groups in total. The predicted octanol–water partition coefficient (Wildman–Crippen LogP) is 1.89. The summed E-state index contributed by atoms with van der Waals surface area (Å²) < 4.78 is 0. The number of carbonyl (C=O) groups is 2. The van der Waals surface area contributed by atoms with Crippen molar-refractivity contribution in [2.45, 2.75) is 5.16 Å². The van der Waals surface area contributed by atoms with Crippen LogP contribution >= 0.6 is 11.8 Å². The summed E-state index contributed by atoms with van der Waals surface area (Å²) in [5.74, 6) is -0.208. The van der Waals surface area contributed by atoms with Crippen LogP contribution in [0, 0.1) is 0 Å². The summed E-state index contributed by atoms with van der Waals surface area (Å²) in [6, 6.07) is 14.7. The van der Waals surface area contributed by atoms with E-state index in [1.165, 1.54) is 33.7 Å². The number of rotatable bonds is 12. The third-order valence-corrected chi connectivity index (χ3v) is 6.78. The maximum Gasteiger partial charge on any atom is 0.254 e. The molecule has 0 aliphatic rings. The van der Waals surface area contributed by atoms with Crippen LogP contribution in [0.25, 0.3) is 11.4 Å². The van der Waals surface area contributed by atoms with Gasteiger partial charge in [0.25, 0.3) is 11.8 Å². The fourth-order valence-corrected chi connectivity index (χ4v) is 4.39. The van der Waals surface area contributed by atoms with Crippen LogP contribution < -0.4 is 33.2 Å². The second-order valence-electron chi connectivity index (χ2n) is 9.51. The Hall–Kier alpha value is -6.47. The summed E-state index contributed by atoms with van der Waals surface area (Å²) >= 11 is 1.38. The maximum atomic E-state index is 11.6. The van der Waals surface area contributed by atoms with Gasteiger partial charge in [-0.05, 0) is 42.7 Å². The van der Waals surface area contributed by atoms with Crippen LogP contribution in [0.15, 0.2) is 90.9 Å². The Bertz CT molecular complexity index is 1990. The van der Waals surface area contributed by atoms with Crippen molar-refractivity contribution in [3.63, 3.8) is 0 Å². The molecule has 0 spiro atoms. The molecule has 0 fully saturated rings. The highest BCUT2D eigenvalue weighted by Crippen LogP contribution is 2.23. The first kappa shape index (κ1) is 32.9. The molecular weight excluding hydrogens is 636 g/mol. The van der Waals surface area contributed by atoms with Crippen LogP contribution in [0.4, 0.5) is 29.0 Å². The first-order valence-electron chi connectivity index (χ1n) is 14.1. The van der Waals surface area contributed by atoms with E-state index in [4.69, 9.17) is 17.2 Å². The van der Waals surface area contributed by atoms with Gasteiger partial charge in [-0.1, -0.05) is 23.9 Å². The number of hydrogen-bond donors (Lipinski definition) is 6. The average molecular weight is 667 g/mol. The lowest BCUT2D eigenvalue weighted by atomic mass is 10.2. The lowest BCUT2D eigenvalue weighted by Crippen LogP contribution is -2.18. The molecule has 0 saturated heterocycles. The van der Waals surface area contributed by atoms with Gasteiger partial charge >= 0.3 is 0 Å². The maximum absolute atomic E-state index is 11.6. The van der Waals surface area contributed by atoms with Crippen molar-refractivity contribution in [2.75, 3.05) is 35.3 Å². The van der Waals surface area contributed by atoms with Gasteiger partial charge in [0, 0.05) is 36.9 Å².